The Labute approximate surface area is 113 Å². The highest BCUT2D eigenvalue weighted by Gasteiger charge is 2.14. The SMILES string of the molecule is N#Cc1cn[nH]c1NC(=O)Cc1c(F)cccc1Cl. The molecule has 2 N–H and O–H groups in total. The van der Waals surface area contributed by atoms with Crippen molar-refractivity contribution in [2.75, 3.05) is 5.32 Å². The van der Waals surface area contributed by atoms with Gasteiger partial charge in [0.25, 0.3) is 0 Å². The lowest BCUT2D eigenvalue weighted by Crippen LogP contribution is -2.16. The Morgan fingerprint density at radius 2 is 2.37 bits per heavy atom. The molecule has 2 aromatic rings. The lowest BCUT2D eigenvalue weighted by molar-refractivity contribution is -0.115. The van der Waals surface area contributed by atoms with Crippen LogP contribution in [0.15, 0.2) is 24.4 Å². The summed E-state index contributed by atoms with van der Waals surface area (Å²) in [6, 6.07) is 6.05. The van der Waals surface area contributed by atoms with Crippen molar-refractivity contribution in [3.05, 3.63) is 46.4 Å². The molecular formula is C12H8ClFN4O. The quantitative estimate of drug-likeness (QED) is 0.903. The minimum absolute atomic E-state index is 0.111. The summed E-state index contributed by atoms with van der Waals surface area (Å²) < 4.78 is 13.5. The zero-order valence-corrected chi connectivity index (χ0v) is 10.3. The van der Waals surface area contributed by atoms with Crippen LogP contribution in [0.5, 0.6) is 0 Å². The van der Waals surface area contributed by atoms with Gasteiger partial charge in [-0.15, -0.1) is 0 Å². The third kappa shape index (κ3) is 2.89. The van der Waals surface area contributed by atoms with Crippen LogP contribution in [-0.4, -0.2) is 16.1 Å². The molecule has 0 radical (unpaired) electrons. The third-order valence-corrected chi connectivity index (χ3v) is 2.78. The van der Waals surface area contributed by atoms with E-state index in [1.807, 2.05) is 6.07 Å². The number of nitrogens with one attached hydrogen (secondary N) is 2. The Morgan fingerprint density at radius 1 is 1.58 bits per heavy atom. The van der Waals surface area contributed by atoms with Gasteiger partial charge in [-0.25, -0.2) is 4.39 Å². The van der Waals surface area contributed by atoms with E-state index >= 15 is 0 Å². The largest absolute Gasteiger partial charge is 0.310 e. The van der Waals surface area contributed by atoms with Gasteiger partial charge in [-0.05, 0) is 12.1 Å². The van der Waals surface area contributed by atoms with E-state index in [9.17, 15) is 9.18 Å². The van der Waals surface area contributed by atoms with Crippen molar-refractivity contribution in [1.82, 2.24) is 10.2 Å². The number of halogens is 2. The Bertz CT molecular complexity index is 642. The Kier molecular flexibility index (Phi) is 3.78. The number of hydrogen-bond donors (Lipinski definition) is 2. The minimum atomic E-state index is -0.548. The van der Waals surface area contributed by atoms with E-state index < -0.39 is 11.7 Å². The fourth-order valence-electron chi connectivity index (χ4n) is 1.51. The van der Waals surface area contributed by atoms with Crippen LogP contribution < -0.4 is 5.32 Å². The van der Waals surface area contributed by atoms with Gasteiger partial charge < -0.3 is 5.32 Å². The summed E-state index contributed by atoms with van der Waals surface area (Å²) in [6.45, 7) is 0. The van der Waals surface area contributed by atoms with E-state index in [0.717, 1.165) is 0 Å². The maximum Gasteiger partial charge on any atom is 0.230 e. The summed E-state index contributed by atoms with van der Waals surface area (Å²) in [7, 11) is 0. The van der Waals surface area contributed by atoms with Crippen LogP contribution in [0, 0.1) is 17.1 Å². The summed E-state index contributed by atoms with van der Waals surface area (Å²) in [5, 5.41) is 17.5. The number of carbonyl (C=O) groups excluding carboxylic acids is 1. The Morgan fingerprint density at radius 3 is 3.05 bits per heavy atom. The first-order chi connectivity index (χ1) is 9.11. The van der Waals surface area contributed by atoms with Gasteiger partial charge in [0.05, 0.1) is 12.6 Å². The highest BCUT2D eigenvalue weighted by molar-refractivity contribution is 6.31. The summed E-state index contributed by atoms with van der Waals surface area (Å²) in [5.74, 6) is -0.861. The molecule has 1 amide bonds. The van der Waals surface area contributed by atoms with Gasteiger partial charge in [0.1, 0.15) is 23.3 Å². The van der Waals surface area contributed by atoms with E-state index in [1.54, 1.807) is 0 Å². The van der Waals surface area contributed by atoms with Crippen molar-refractivity contribution in [3.63, 3.8) is 0 Å². The number of anilines is 1. The van der Waals surface area contributed by atoms with Gasteiger partial charge in [-0.3, -0.25) is 9.89 Å². The van der Waals surface area contributed by atoms with E-state index in [2.05, 4.69) is 15.5 Å². The smallest absolute Gasteiger partial charge is 0.230 e. The lowest BCUT2D eigenvalue weighted by atomic mass is 10.1. The standard InChI is InChI=1S/C12H8ClFN4O/c13-9-2-1-3-10(14)8(9)4-11(19)17-12-7(5-15)6-16-18-12/h1-3,6H,4H2,(H2,16,17,18,19). The summed E-state index contributed by atoms with van der Waals surface area (Å²) in [5.41, 5.74) is 0.313. The number of aromatic nitrogens is 2. The molecular weight excluding hydrogens is 271 g/mol. The third-order valence-electron chi connectivity index (χ3n) is 2.42. The van der Waals surface area contributed by atoms with Gasteiger partial charge in [-0.2, -0.15) is 10.4 Å². The maximum absolute atomic E-state index is 13.5. The molecule has 96 valence electrons. The van der Waals surface area contributed by atoms with Crippen molar-refractivity contribution in [2.45, 2.75) is 6.42 Å². The average molecular weight is 279 g/mol. The molecule has 1 heterocycles. The second-order valence-corrected chi connectivity index (χ2v) is 4.10. The number of benzene rings is 1. The van der Waals surface area contributed by atoms with Gasteiger partial charge in [0, 0.05) is 10.6 Å². The lowest BCUT2D eigenvalue weighted by Gasteiger charge is -2.06. The minimum Gasteiger partial charge on any atom is -0.310 e. The molecule has 0 aliphatic carbocycles. The summed E-state index contributed by atoms with van der Waals surface area (Å²) in [6.07, 6.45) is 1.06. The van der Waals surface area contributed by atoms with Crippen molar-refractivity contribution in [1.29, 1.82) is 5.26 Å². The van der Waals surface area contributed by atoms with E-state index in [4.69, 9.17) is 16.9 Å². The highest BCUT2D eigenvalue weighted by Crippen LogP contribution is 2.20. The van der Waals surface area contributed by atoms with Gasteiger partial charge in [0.15, 0.2) is 0 Å². The van der Waals surface area contributed by atoms with Crippen LogP contribution >= 0.6 is 11.6 Å². The molecule has 19 heavy (non-hydrogen) atoms. The molecule has 0 bridgehead atoms. The number of aromatic amines is 1. The van der Waals surface area contributed by atoms with Crippen molar-refractivity contribution < 1.29 is 9.18 Å². The Hall–Kier alpha value is -2.39. The topological polar surface area (TPSA) is 81.6 Å². The fourth-order valence-corrected chi connectivity index (χ4v) is 1.74. The molecule has 0 unspecified atom stereocenters. The van der Waals surface area contributed by atoms with Crippen LogP contribution in [0.4, 0.5) is 10.2 Å². The summed E-state index contributed by atoms with van der Waals surface area (Å²) >= 11 is 5.82. The molecule has 0 aliphatic heterocycles. The summed E-state index contributed by atoms with van der Waals surface area (Å²) in [4.78, 5) is 11.8. The predicted molar refractivity (Wildman–Crippen MR) is 67.0 cm³/mol. The normalized spacial score (nSPS) is 9.95. The first-order valence-electron chi connectivity index (χ1n) is 5.28. The van der Waals surface area contributed by atoms with Gasteiger partial charge >= 0.3 is 0 Å². The van der Waals surface area contributed by atoms with Crippen molar-refractivity contribution >= 4 is 23.3 Å². The number of nitrogens with zero attached hydrogens (tertiary/aromatic N) is 2. The molecule has 0 fully saturated rings. The van der Waals surface area contributed by atoms with Crippen molar-refractivity contribution in [2.24, 2.45) is 0 Å². The monoisotopic (exact) mass is 278 g/mol. The van der Waals surface area contributed by atoms with E-state index in [1.165, 1.54) is 24.4 Å². The van der Waals surface area contributed by atoms with Crippen LogP contribution in [0.1, 0.15) is 11.1 Å². The first-order valence-corrected chi connectivity index (χ1v) is 5.66. The molecule has 1 aromatic heterocycles. The molecule has 0 saturated heterocycles. The molecule has 0 spiro atoms. The number of H-pyrrole nitrogens is 1. The predicted octanol–water partition coefficient (Wildman–Crippen LogP) is 2.26. The maximum atomic E-state index is 13.5. The molecule has 1 aromatic carbocycles. The van der Waals surface area contributed by atoms with E-state index in [-0.39, 0.29) is 28.4 Å². The molecule has 2 rings (SSSR count). The van der Waals surface area contributed by atoms with Crippen molar-refractivity contribution in [3.8, 4) is 6.07 Å². The molecule has 5 nitrogen and oxygen atoms in total. The number of rotatable bonds is 3. The number of amides is 1. The second kappa shape index (κ2) is 5.50. The number of hydrogen-bond acceptors (Lipinski definition) is 3. The van der Waals surface area contributed by atoms with Crippen LogP contribution in [0.3, 0.4) is 0 Å². The molecule has 0 atom stereocenters. The molecule has 0 saturated carbocycles. The van der Waals surface area contributed by atoms with Crippen LogP contribution in [0.2, 0.25) is 5.02 Å². The van der Waals surface area contributed by atoms with Gasteiger partial charge in [-0.1, -0.05) is 17.7 Å². The Balaban J connectivity index is 2.13. The van der Waals surface area contributed by atoms with Crippen LogP contribution in [0.25, 0.3) is 0 Å². The van der Waals surface area contributed by atoms with Crippen LogP contribution in [-0.2, 0) is 11.2 Å². The zero-order valence-electron chi connectivity index (χ0n) is 9.58. The fraction of sp³-hybridized carbons (Fsp3) is 0.0833. The average Bonchev–Trinajstić information content (AvgIpc) is 2.81. The zero-order chi connectivity index (χ0) is 13.8. The highest BCUT2D eigenvalue weighted by atomic mass is 35.5. The first kappa shape index (κ1) is 13.1. The molecule has 0 aliphatic rings. The second-order valence-electron chi connectivity index (χ2n) is 3.70. The number of nitriles is 1. The molecule has 7 heteroatoms. The van der Waals surface area contributed by atoms with E-state index in [0.29, 0.717) is 0 Å². The van der Waals surface area contributed by atoms with Gasteiger partial charge in [0.2, 0.25) is 5.91 Å². The number of carbonyl (C=O) groups is 1.